The molecule has 0 rings (SSSR count). The molecule has 0 saturated carbocycles. The Labute approximate surface area is 111 Å². The Kier molecular flexibility index (Phi) is 12.7. The number of ether oxygens (including phenoxy) is 2. The molecule has 0 bridgehead atoms. The normalized spacial score (nSPS) is 11.1. The van der Waals surface area contributed by atoms with Crippen molar-refractivity contribution in [2.75, 3.05) is 39.5 Å². The van der Waals surface area contributed by atoms with E-state index in [9.17, 15) is 4.79 Å². The van der Waals surface area contributed by atoms with Crippen LogP contribution in [0.15, 0.2) is 0 Å². The minimum Gasteiger partial charge on any atom is -0.481 e. The summed E-state index contributed by atoms with van der Waals surface area (Å²) in [7, 11) is -0.389. The third kappa shape index (κ3) is 15.6. The first-order valence-corrected chi connectivity index (χ1v) is 9.83. The summed E-state index contributed by atoms with van der Waals surface area (Å²) in [5.74, 6) is -0.829. The molecule has 6 heteroatoms. The minimum atomic E-state index is -0.829. The van der Waals surface area contributed by atoms with Crippen LogP contribution in [0.25, 0.3) is 0 Å². The second kappa shape index (κ2) is 13.0. The molecule has 0 aromatic carbocycles. The Morgan fingerprint density at radius 3 is 2.39 bits per heavy atom. The fourth-order valence-corrected chi connectivity index (χ4v) is 2.41. The highest BCUT2D eigenvalue weighted by Crippen LogP contribution is 1.94. The molecular weight excluding hydrogens is 250 g/mol. The highest BCUT2D eigenvalue weighted by molar-refractivity contribution is 6.55. The number of hydrogen-bond acceptors (Lipinski definition) is 4. The molecule has 0 amide bonds. The molecule has 108 valence electrons. The van der Waals surface area contributed by atoms with Crippen LogP contribution in [-0.2, 0) is 14.3 Å². The lowest BCUT2D eigenvalue weighted by Crippen LogP contribution is -2.22. The Bertz CT molecular complexity index is 203. The van der Waals surface area contributed by atoms with E-state index >= 15 is 0 Å². The average Bonchev–Trinajstić information content (AvgIpc) is 2.29. The largest absolute Gasteiger partial charge is 0.481 e. The van der Waals surface area contributed by atoms with E-state index < -0.39 is 5.97 Å². The van der Waals surface area contributed by atoms with E-state index in [0.29, 0.717) is 19.8 Å². The van der Waals surface area contributed by atoms with Crippen molar-refractivity contribution < 1.29 is 19.4 Å². The van der Waals surface area contributed by atoms with Crippen LogP contribution in [0.3, 0.4) is 0 Å². The number of nitrogens with one attached hydrogen (secondary N) is 1. The maximum absolute atomic E-state index is 10.2. The first-order chi connectivity index (χ1) is 8.63. The summed E-state index contributed by atoms with van der Waals surface area (Å²) in [4.78, 5) is 10.2. The molecule has 0 aromatic heterocycles. The van der Waals surface area contributed by atoms with Crippen molar-refractivity contribution in [1.29, 1.82) is 0 Å². The van der Waals surface area contributed by atoms with E-state index in [2.05, 4.69) is 18.4 Å². The van der Waals surface area contributed by atoms with Gasteiger partial charge in [0.25, 0.3) is 0 Å². The van der Waals surface area contributed by atoms with Crippen LogP contribution in [0.4, 0.5) is 0 Å². The molecular formula is C12H27NO4Si. The molecule has 0 unspecified atom stereocenters. The van der Waals surface area contributed by atoms with Gasteiger partial charge in [-0.25, -0.2) is 0 Å². The summed E-state index contributed by atoms with van der Waals surface area (Å²) in [6, 6.07) is 1.39. The molecule has 0 aliphatic carbocycles. The summed E-state index contributed by atoms with van der Waals surface area (Å²) >= 11 is 0. The molecule has 0 fully saturated rings. The third-order valence-electron chi connectivity index (χ3n) is 2.39. The van der Waals surface area contributed by atoms with Gasteiger partial charge >= 0.3 is 5.97 Å². The summed E-state index contributed by atoms with van der Waals surface area (Å²) in [5, 5.41) is 11.7. The van der Waals surface area contributed by atoms with E-state index in [1.54, 1.807) is 0 Å². The zero-order chi connectivity index (χ0) is 13.6. The lowest BCUT2D eigenvalue weighted by atomic mass is 10.5. The first-order valence-electron chi connectivity index (χ1n) is 6.71. The zero-order valence-corrected chi connectivity index (χ0v) is 12.8. The number of aliphatic carboxylic acids is 1. The van der Waals surface area contributed by atoms with Crippen LogP contribution in [-0.4, -0.2) is 59.4 Å². The van der Waals surface area contributed by atoms with Crippen molar-refractivity contribution in [1.82, 2.24) is 5.32 Å². The van der Waals surface area contributed by atoms with Crippen LogP contribution in [0.2, 0.25) is 19.1 Å². The third-order valence-corrected chi connectivity index (χ3v) is 3.95. The first kappa shape index (κ1) is 17.6. The van der Waals surface area contributed by atoms with Gasteiger partial charge < -0.3 is 19.9 Å². The highest BCUT2D eigenvalue weighted by atomic mass is 28.3. The van der Waals surface area contributed by atoms with E-state index in [-0.39, 0.29) is 21.8 Å². The molecule has 0 heterocycles. The fraction of sp³-hybridized carbons (Fsp3) is 0.917. The topological polar surface area (TPSA) is 67.8 Å². The summed E-state index contributed by atoms with van der Waals surface area (Å²) in [6.07, 6.45) is 1.32. The molecule has 0 aliphatic heterocycles. The predicted octanol–water partition coefficient (Wildman–Crippen LogP) is 0.961. The molecule has 5 nitrogen and oxygen atoms in total. The quantitative estimate of drug-likeness (QED) is 0.388. The standard InChI is InChI=1S/C12H27NO4Si/c1-18(2)11-3-5-13-6-8-17-10-9-16-7-4-12(14)15/h13,18H,3-11H2,1-2H3,(H,14,15). The molecule has 2 N–H and O–H groups in total. The van der Waals surface area contributed by atoms with Crippen LogP contribution in [0.5, 0.6) is 0 Å². The van der Waals surface area contributed by atoms with Gasteiger partial charge in [-0.15, -0.1) is 0 Å². The van der Waals surface area contributed by atoms with Gasteiger partial charge in [-0.05, 0) is 13.0 Å². The van der Waals surface area contributed by atoms with Crippen LogP contribution >= 0.6 is 0 Å². The Hall–Kier alpha value is -0.433. The molecule has 0 saturated heterocycles. The lowest BCUT2D eigenvalue weighted by Gasteiger charge is -2.07. The second-order valence-corrected chi connectivity index (χ2v) is 8.02. The van der Waals surface area contributed by atoms with Gasteiger partial charge in [0.05, 0.1) is 32.8 Å². The predicted molar refractivity (Wildman–Crippen MR) is 75.1 cm³/mol. The molecule has 0 radical (unpaired) electrons. The van der Waals surface area contributed by atoms with E-state index in [4.69, 9.17) is 14.6 Å². The SMILES string of the molecule is C[SiH](C)CCCNCCOCCOCCC(=O)O. The molecule has 18 heavy (non-hydrogen) atoms. The summed E-state index contributed by atoms with van der Waals surface area (Å²) in [5.41, 5.74) is 0. The van der Waals surface area contributed by atoms with Gasteiger partial charge in [0.2, 0.25) is 0 Å². The van der Waals surface area contributed by atoms with Crippen molar-refractivity contribution in [3.05, 3.63) is 0 Å². The molecule has 0 spiro atoms. The van der Waals surface area contributed by atoms with E-state index in [0.717, 1.165) is 13.1 Å². The number of carboxylic acids is 1. The Balaban J connectivity index is 2.97. The monoisotopic (exact) mass is 277 g/mol. The molecule has 0 aromatic rings. The second-order valence-electron chi connectivity index (χ2n) is 4.65. The fourth-order valence-electron chi connectivity index (χ4n) is 1.39. The van der Waals surface area contributed by atoms with Gasteiger partial charge in [-0.2, -0.15) is 0 Å². The van der Waals surface area contributed by atoms with Gasteiger partial charge in [0, 0.05) is 15.3 Å². The number of carboxylic acid groups (broad SMARTS) is 1. The number of hydrogen-bond donors (Lipinski definition) is 2. The number of rotatable bonds is 13. The van der Waals surface area contributed by atoms with E-state index in [1.165, 1.54) is 12.5 Å². The average molecular weight is 277 g/mol. The van der Waals surface area contributed by atoms with E-state index in [1.807, 2.05) is 0 Å². The van der Waals surface area contributed by atoms with Crippen LogP contribution < -0.4 is 5.32 Å². The van der Waals surface area contributed by atoms with Crippen molar-refractivity contribution in [2.45, 2.75) is 32.0 Å². The molecule has 0 aliphatic rings. The molecule has 0 atom stereocenters. The lowest BCUT2D eigenvalue weighted by molar-refractivity contribution is -0.138. The summed E-state index contributed by atoms with van der Waals surface area (Å²) in [6.45, 7) is 8.61. The van der Waals surface area contributed by atoms with Crippen molar-refractivity contribution in [2.24, 2.45) is 0 Å². The van der Waals surface area contributed by atoms with Gasteiger partial charge in [0.1, 0.15) is 0 Å². The zero-order valence-electron chi connectivity index (χ0n) is 11.6. The highest BCUT2D eigenvalue weighted by Gasteiger charge is 1.97. The van der Waals surface area contributed by atoms with Gasteiger partial charge in [-0.1, -0.05) is 19.1 Å². The smallest absolute Gasteiger partial charge is 0.305 e. The van der Waals surface area contributed by atoms with Crippen LogP contribution in [0, 0.1) is 0 Å². The Morgan fingerprint density at radius 1 is 1.11 bits per heavy atom. The number of carbonyl (C=O) groups is 1. The minimum absolute atomic E-state index is 0.0563. The van der Waals surface area contributed by atoms with Gasteiger partial charge in [-0.3, -0.25) is 4.79 Å². The maximum atomic E-state index is 10.2. The maximum Gasteiger partial charge on any atom is 0.305 e. The van der Waals surface area contributed by atoms with Crippen LogP contribution in [0.1, 0.15) is 12.8 Å². The van der Waals surface area contributed by atoms with Crippen molar-refractivity contribution >= 4 is 14.8 Å². The summed E-state index contributed by atoms with van der Waals surface area (Å²) < 4.78 is 10.4. The van der Waals surface area contributed by atoms with Crippen molar-refractivity contribution in [3.63, 3.8) is 0 Å². The van der Waals surface area contributed by atoms with Crippen molar-refractivity contribution in [3.8, 4) is 0 Å². The van der Waals surface area contributed by atoms with Gasteiger partial charge in [0.15, 0.2) is 0 Å². The Morgan fingerprint density at radius 2 is 1.78 bits per heavy atom.